The lowest BCUT2D eigenvalue weighted by Gasteiger charge is -2.17. The Balaban J connectivity index is 0.000000228. The quantitative estimate of drug-likeness (QED) is 0.0762. The molecule has 0 amide bonds. The van der Waals surface area contributed by atoms with Crippen molar-refractivity contribution in [2.75, 3.05) is 6.61 Å². The summed E-state index contributed by atoms with van der Waals surface area (Å²) >= 11 is 0. The summed E-state index contributed by atoms with van der Waals surface area (Å²) in [4.78, 5) is 0. The molecule has 0 N–H and O–H groups in total. The topological polar surface area (TPSA) is 36.9 Å². The molecule has 0 bridgehead atoms. The Bertz CT molecular complexity index is 2110. The summed E-state index contributed by atoms with van der Waals surface area (Å²) in [6.45, 7) is 2.46. The Kier molecular flexibility index (Phi) is 17.3. The zero-order chi connectivity index (χ0) is 42.7. The summed E-state index contributed by atoms with van der Waals surface area (Å²) in [5.74, 6) is 1.34. The van der Waals surface area contributed by atoms with Crippen LogP contribution in [0.1, 0.15) is 66.7 Å². The van der Waals surface area contributed by atoms with Gasteiger partial charge in [0.1, 0.15) is 34.5 Å². The van der Waals surface area contributed by atoms with Crippen LogP contribution in [-0.2, 0) is 12.8 Å². The van der Waals surface area contributed by atoms with Gasteiger partial charge >= 0.3 is 6.36 Å². The van der Waals surface area contributed by atoms with Gasteiger partial charge in [-0.2, -0.15) is 0 Å². The number of halogens is 7. The lowest BCUT2D eigenvalue weighted by atomic mass is 9.93. The van der Waals surface area contributed by atoms with Gasteiger partial charge in [0.05, 0.1) is 6.61 Å². The molecule has 6 aromatic carbocycles. The molecule has 316 valence electrons. The second kappa shape index (κ2) is 23.0. The largest absolute Gasteiger partial charge is 0.573 e. The predicted octanol–water partition coefficient (Wildman–Crippen LogP) is 15.0. The van der Waals surface area contributed by atoms with E-state index in [1.807, 2.05) is 116 Å². The molecule has 0 saturated carbocycles. The fourth-order valence-electron chi connectivity index (χ4n) is 6.60. The SMILES string of the molecule is CCOc1ccc(C(CCCc2cccc(Oc3ccccc3)c2)C(F)F)cc1.FC(F)C(CCCc1cccc(Oc2ccccc2)c1)c1ccc(OC(F)(F)F)cc1. The van der Waals surface area contributed by atoms with Crippen molar-refractivity contribution < 1.29 is 49.7 Å². The van der Waals surface area contributed by atoms with Crippen molar-refractivity contribution in [1.29, 1.82) is 0 Å². The third-order valence-corrected chi connectivity index (χ3v) is 9.49. The van der Waals surface area contributed by atoms with Crippen LogP contribution in [0.4, 0.5) is 30.7 Å². The van der Waals surface area contributed by atoms with Gasteiger partial charge in [0.2, 0.25) is 12.9 Å². The van der Waals surface area contributed by atoms with E-state index < -0.39 is 36.8 Å². The number of hydrogen-bond donors (Lipinski definition) is 0. The molecule has 0 aromatic heterocycles. The van der Waals surface area contributed by atoms with Gasteiger partial charge in [-0.1, -0.05) is 84.9 Å². The maximum Gasteiger partial charge on any atom is 0.573 e. The van der Waals surface area contributed by atoms with E-state index in [-0.39, 0.29) is 12.0 Å². The summed E-state index contributed by atoms with van der Waals surface area (Å²) in [5.41, 5.74) is 2.98. The van der Waals surface area contributed by atoms with E-state index in [1.54, 1.807) is 24.3 Å². The van der Waals surface area contributed by atoms with Crippen molar-refractivity contribution >= 4 is 0 Å². The van der Waals surface area contributed by atoms with E-state index in [0.717, 1.165) is 41.2 Å². The summed E-state index contributed by atoms with van der Waals surface area (Å²) in [7, 11) is 0. The molecular formula is C49H47F7O4. The van der Waals surface area contributed by atoms with Gasteiger partial charge in [0, 0.05) is 11.8 Å². The van der Waals surface area contributed by atoms with Gasteiger partial charge in [-0.05, 0) is 140 Å². The second-order valence-corrected chi connectivity index (χ2v) is 13.9. The summed E-state index contributed by atoms with van der Waals surface area (Å²) in [5, 5.41) is 0. The van der Waals surface area contributed by atoms with E-state index in [9.17, 15) is 30.7 Å². The van der Waals surface area contributed by atoms with Crippen LogP contribution in [0.15, 0.2) is 158 Å². The Morgan fingerprint density at radius 3 is 1.23 bits per heavy atom. The van der Waals surface area contributed by atoms with Crippen molar-refractivity contribution in [3.63, 3.8) is 0 Å². The van der Waals surface area contributed by atoms with Crippen molar-refractivity contribution in [2.24, 2.45) is 0 Å². The van der Waals surface area contributed by atoms with Crippen molar-refractivity contribution in [1.82, 2.24) is 0 Å². The third-order valence-electron chi connectivity index (χ3n) is 9.49. The van der Waals surface area contributed by atoms with Crippen molar-refractivity contribution in [3.8, 4) is 34.5 Å². The van der Waals surface area contributed by atoms with Gasteiger partial charge < -0.3 is 18.9 Å². The van der Waals surface area contributed by atoms with Gasteiger partial charge in [-0.25, -0.2) is 17.6 Å². The standard InChI is InChI=1S/C25H26F2O2.C24H21F5O2/c1-2-28-21-16-14-20(15-17-21)24(25(26)27)13-7-9-19-8-6-12-23(18-19)29-22-10-4-3-5-11-22;25-23(26)22(18-12-14-20(15-13-18)31-24(27,28)29)11-5-7-17-6-4-10-21(16-17)30-19-8-2-1-3-9-19/h3-6,8,10-12,14-18,24-25H,2,7,9,13H2,1H3;1-4,6,8-10,12-16,22-23H,5,7,11H2. The zero-order valence-corrected chi connectivity index (χ0v) is 33.0. The molecule has 60 heavy (non-hydrogen) atoms. The van der Waals surface area contributed by atoms with Crippen LogP contribution in [0.5, 0.6) is 34.5 Å². The molecule has 0 aliphatic carbocycles. The molecule has 0 radical (unpaired) electrons. The average Bonchev–Trinajstić information content (AvgIpc) is 3.23. The molecule has 0 fully saturated rings. The number of aryl methyl sites for hydroxylation is 2. The number of benzene rings is 6. The molecular weight excluding hydrogens is 786 g/mol. The first-order valence-corrected chi connectivity index (χ1v) is 19.7. The first-order chi connectivity index (χ1) is 29.0. The Morgan fingerprint density at radius 2 is 0.850 bits per heavy atom. The molecule has 0 spiro atoms. The van der Waals surface area contributed by atoms with E-state index in [4.69, 9.17) is 14.2 Å². The number of rotatable bonds is 19. The normalized spacial score (nSPS) is 12.3. The van der Waals surface area contributed by atoms with Gasteiger partial charge in [-0.3, -0.25) is 0 Å². The summed E-state index contributed by atoms with van der Waals surface area (Å²) in [6, 6.07) is 45.8. The number of alkyl halides is 7. The molecule has 0 aliphatic rings. The van der Waals surface area contributed by atoms with Crippen LogP contribution in [0.25, 0.3) is 0 Å². The fourth-order valence-corrected chi connectivity index (χ4v) is 6.60. The van der Waals surface area contributed by atoms with Crippen LogP contribution in [0.2, 0.25) is 0 Å². The first-order valence-electron chi connectivity index (χ1n) is 19.7. The van der Waals surface area contributed by atoms with Crippen molar-refractivity contribution in [3.05, 3.63) is 180 Å². The first kappa shape index (κ1) is 45.1. The molecule has 6 rings (SSSR count). The summed E-state index contributed by atoms with van der Waals surface area (Å²) in [6.07, 6.45) is -6.74. The van der Waals surface area contributed by atoms with Gasteiger partial charge in [-0.15, -0.1) is 13.2 Å². The minimum absolute atomic E-state index is 0.195. The van der Waals surface area contributed by atoms with Crippen LogP contribution < -0.4 is 18.9 Å². The fraction of sp³-hybridized carbons (Fsp3) is 0.265. The van der Waals surface area contributed by atoms with Crippen molar-refractivity contribution in [2.45, 2.75) is 76.5 Å². The molecule has 2 atom stereocenters. The Labute approximate surface area is 346 Å². The molecule has 0 aliphatic heterocycles. The highest BCUT2D eigenvalue weighted by molar-refractivity contribution is 5.36. The monoisotopic (exact) mass is 832 g/mol. The molecule has 0 heterocycles. The lowest BCUT2D eigenvalue weighted by molar-refractivity contribution is -0.274. The predicted molar refractivity (Wildman–Crippen MR) is 220 cm³/mol. The van der Waals surface area contributed by atoms with Crippen LogP contribution >= 0.6 is 0 Å². The molecule has 11 heteroatoms. The van der Waals surface area contributed by atoms with E-state index in [0.29, 0.717) is 55.1 Å². The van der Waals surface area contributed by atoms with E-state index >= 15 is 0 Å². The number of hydrogen-bond acceptors (Lipinski definition) is 4. The molecule has 4 nitrogen and oxygen atoms in total. The maximum atomic E-state index is 13.6. The molecule has 0 saturated heterocycles. The highest BCUT2D eigenvalue weighted by Crippen LogP contribution is 2.33. The molecule has 2 unspecified atom stereocenters. The lowest BCUT2D eigenvalue weighted by Crippen LogP contribution is -2.17. The minimum Gasteiger partial charge on any atom is -0.494 e. The van der Waals surface area contributed by atoms with Crippen LogP contribution in [-0.4, -0.2) is 25.8 Å². The molecule has 6 aromatic rings. The zero-order valence-electron chi connectivity index (χ0n) is 33.0. The summed E-state index contributed by atoms with van der Waals surface area (Å²) < 4.78 is 112. The Hall–Kier alpha value is -5.97. The highest BCUT2D eigenvalue weighted by Gasteiger charge is 2.31. The number of para-hydroxylation sites is 2. The van der Waals surface area contributed by atoms with Crippen LogP contribution in [0, 0.1) is 0 Å². The van der Waals surface area contributed by atoms with Crippen LogP contribution in [0.3, 0.4) is 0 Å². The second-order valence-electron chi connectivity index (χ2n) is 13.9. The smallest absolute Gasteiger partial charge is 0.494 e. The van der Waals surface area contributed by atoms with Gasteiger partial charge in [0.25, 0.3) is 0 Å². The number of ether oxygens (including phenoxy) is 4. The maximum absolute atomic E-state index is 13.6. The average molecular weight is 833 g/mol. The minimum atomic E-state index is -4.82. The van der Waals surface area contributed by atoms with Gasteiger partial charge in [0.15, 0.2) is 0 Å². The van der Waals surface area contributed by atoms with E-state index in [1.165, 1.54) is 12.1 Å². The van der Waals surface area contributed by atoms with E-state index in [2.05, 4.69) is 4.74 Å². The highest BCUT2D eigenvalue weighted by atomic mass is 19.4. The third kappa shape index (κ3) is 15.3. The Morgan fingerprint density at radius 1 is 0.450 bits per heavy atom.